The summed E-state index contributed by atoms with van der Waals surface area (Å²) >= 11 is 2.72. The third-order valence-corrected chi connectivity index (χ3v) is 8.20. The van der Waals surface area contributed by atoms with Crippen molar-refractivity contribution in [1.29, 1.82) is 0 Å². The zero-order chi connectivity index (χ0) is 26.3. The van der Waals surface area contributed by atoms with E-state index in [0.717, 1.165) is 23.0 Å². The quantitative estimate of drug-likeness (QED) is 0.383. The third-order valence-electron chi connectivity index (χ3n) is 6.10. The number of aryl methyl sites for hydroxylation is 2. The fourth-order valence-electron chi connectivity index (χ4n) is 4.29. The Balaban J connectivity index is 1.35. The average molecular weight is 546 g/mol. The molecule has 7 nitrogen and oxygen atoms in total. The van der Waals surface area contributed by atoms with Crippen LogP contribution in [0.3, 0.4) is 0 Å². The lowest BCUT2D eigenvalue weighted by Gasteiger charge is -2.23. The number of benzene rings is 2. The summed E-state index contributed by atoms with van der Waals surface area (Å²) in [4.78, 5) is 32.9. The van der Waals surface area contributed by atoms with E-state index in [-0.39, 0.29) is 30.1 Å². The minimum Gasteiger partial charge on any atom is -0.349 e. The molecule has 12 heteroatoms. The molecule has 1 atom stereocenters. The molecule has 2 aromatic carbocycles. The number of carbonyl (C=O) groups excluding carboxylic acids is 2. The second-order valence-electron chi connectivity index (χ2n) is 8.62. The van der Waals surface area contributed by atoms with Gasteiger partial charge in [0.1, 0.15) is 5.69 Å². The number of para-hydroxylation sites is 1. The molecule has 0 saturated carbocycles. The van der Waals surface area contributed by atoms with Crippen LogP contribution in [-0.4, -0.2) is 55.7 Å². The highest BCUT2D eigenvalue weighted by Crippen LogP contribution is 2.36. The SMILES string of the molecule is Cc1nc(C(=O)N2CSC[C@H]2CNC(=O)c2nn(C)c3ccccc23)c(-c2cccc(C(F)(F)F)c2)s1. The molecule has 2 aromatic heterocycles. The molecule has 1 saturated heterocycles. The van der Waals surface area contributed by atoms with Gasteiger partial charge >= 0.3 is 6.18 Å². The number of rotatable bonds is 5. The van der Waals surface area contributed by atoms with Crippen molar-refractivity contribution in [2.75, 3.05) is 18.2 Å². The molecule has 2 amide bonds. The zero-order valence-electron chi connectivity index (χ0n) is 19.9. The fourth-order valence-corrected chi connectivity index (χ4v) is 6.40. The first-order valence-electron chi connectivity index (χ1n) is 11.4. The largest absolute Gasteiger partial charge is 0.416 e. The number of carbonyl (C=O) groups is 2. The van der Waals surface area contributed by atoms with Gasteiger partial charge in [0.25, 0.3) is 11.8 Å². The Morgan fingerprint density at radius 1 is 1.14 bits per heavy atom. The summed E-state index contributed by atoms with van der Waals surface area (Å²) in [5.74, 6) is 0.293. The van der Waals surface area contributed by atoms with Gasteiger partial charge < -0.3 is 10.2 Å². The number of aromatic nitrogens is 3. The Morgan fingerprint density at radius 3 is 2.70 bits per heavy atom. The molecule has 0 spiro atoms. The van der Waals surface area contributed by atoms with Gasteiger partial charge in [0.2, 0.25) is 0 Å². The average Bonchev–Trinajstić information content (AvgIpc) is 3.59. The van der Waals surface area contributed by atoms with Gasteiger partial charge in [-0.05, 0) is 30.7 Å². The molecule has 0 bridgehead atoms. The van der Waals surface area contributed by atoms with Crippen molar-refractivity contribution in [3.05, 3.63) is 70.5 Å². The van der Waals surface area contributed by atoms with Gasteiger partial charge in [-0.3, -0.25) is 14.3 Å². The summed E-state index contributed by atoms with van der Waals surface area (Å²) in [6, 6.07) is 12.0. The van der Waals surface area contributed by atoms with Crippen LogP contribution in [0.25, 0.3) is 21.3 Å². The van der Waals surface area contributed by atoms with Gasteiger partial charge in [0.05, 0.1) is 32.9 Å². The van der Waals surface area contributed by atoms with E-state index in [1.54, 1.807) is 41.4 Å². The number of nitrogens with zero attached hydrogens (tertiary/aromatic N) is 4. The minimum absolute atomic E-state index is 0.122. The molecule has 1 aliphatic rings. The molecule has 5 rings (SSSR count). The number of amides is 2. The highest BCUT2D eigenvalue weighted by atomic mass is 32.2. The van der Waals surface area contributed by atoms with Gasteiger partial charge in [0.15, 0.2) is 5.69 Å². The lowest BCUT2D eigenvalue weighted by Crippen LogP contribution is -2.44. The molecule has 1 aliphatic heterocycles. The van der Waals surface area contributed by atoms with Gasteiger partial charge in [-0.15, -0.1) is 23.1 Å². The van der Waals surface area contributed by atoms with Crippen LogP contribution >= 0.6 is 23.1 Å². The lowest BCUT2D eigenvalue weighted by atomic mass is 10.1. The molecule has 3 heterocycles. The van der Waals surface area contributed by atoms with Crippen molar-refractivity contribution >= 4 is 45.8 Å². The number of fused-ring (bicyclic) bond motifs is 1. The van der Waals surface area contributed by atoms with Crippen molar-refractivity contribution in [3.8, 4) is 10.4 Å². The van der Waals surface area contributed by atoms with E-state index >= 15 is 0 Å². The van der Waals surface area contributed by atoms with Crippen molar-refractivity contribution < 1.29 is 22.8 Å². The molecule has 1 fully saturated rings. The van der Waals surface area contributed by atoms with Crippen molar-refractivity contribution in [2.24, 2.45) is 7.05 Å². The highest BCUT2D eigenvalue weighted by molar-refractivity contribution is 7.99. The maximum absolute atomic E-state index is 13.5. The van der Waals surface area contributed by atoms with E-state index in [0.29, 0.717) is 32.8 Å². The first-order valence-corrected chi connectivity index (χ1v) is 13.3. The molecule has 37 heavy (non-hydrogen) atoms. The third kappa shape index (κ3) is 4.95. The summed E-state index contributed by atoms with van der Waals surface area (Å²) < 4.78 is 41.5. The normalized spacial score (nSPS) is 15.9. The summed E-state index contributed by atoms with van der Waals surface area (Å²) in [6.07, 6.45) is -4.49. The van der Waals surface area contributed by atoms with Crippen LogP contribution in [0, 0.1) is 6.92 Å². The second kappa shape index (κ2) is 9.82. The van der Waals surface area contributed by atoms with Crippen LogP contribution in [0.2, 0.25) is 0 Å². The Labute approximate surface area is 218 Å². The van der Waals surface area contributed by atoms with E-state index in [1.807, 2.05) is 24.3 Å². The van der Waals surface area contributed by atoms with E-state index < -0.39 is 11.7 Å². The first kappa shape index (κ1) is 25.3. The minimum atomic E-state index is -4.49. The zero-order valence-corrected chi connectivity index (χ0v) is 21.5. The molecule has 1 N–H and O–H groups in total. The summed E-state index contributed by atoms with van der Waals surface area (Å²) in [5.41, 5.74) is 0.776. The molecule has 0 radical (unpaired) electrons. The van der Waals surface area contributed by atoms with Crippen LogP contribution in [0.15, 0.2) is 48.5 Å². The van der Waals surface area contributed by atoms with Crippen LogP contribution in [0.5, 0.6) is 0 Å². The Bertz CT molecular complexity index is 1500. The molecular formula is C25H22F3N5O2S2. The number of hydrogen-bond donors (Lipinski definition) is 1. The van der Waals surface area contributed by atoms with Crippen molar-refractivity contribution in [2.45, 2.75) is 19.1 Å². The standard InChI is InChI=1S/C25H22F3N5O2S2/c1-14-30-21(22(37-14)15-6-5-7-16(10-15)25(26,27)28)24(35)33-13-36-12-17(33)11-29-23(34)20-18-8-3-4-9-19(18)32(2)31-20/h3-10,17H,11-13H2,1-2H3,(H,29,34)/t17-/m1/s1. The van der Waals surface area contributed by atoms with Crippen LogP contribution in [0.1, 0.15) is 31.5 Å². The number of nitrogens with one attached hydrogen (secondary N) is 1. The maximum Gasteiger partial charge on any atom is 0.416 e. The van der Waals surface area contributed by atoms with Crippen molar-refractivity contribution in [3.63, 3.8) is 0 Å². The smallest absolute Gasteiger partial charge is 0.349 e. The van der Waals surface area contributed by atoms with E-state index in [4.69, 9.17) is 0 Å². The predicted octanol–water partition coefficient (Wildman–Crippen LogP) is 4.97. The number of thiazole rings is 1. The Morgan fingerprint density at radius 2 is 1.92 bits per heavy atom. The van der Waals surface area contributed by atoms with Crippen LogP contribution in [-0.2, 0) is 13.2 Å². The van der Waals surface area contributed by atoms with Gasteiger partial charge in [0, 0.05) is 24.7 Å². The summed E-state index contributed by atoms with van der Waals surface area (Å²) in [7, 11) is 1.77. The van der Waals surface area contributed by atoms with E-state index in [9.17, 15) is 22.8 Å². The fraction of sp³-hybridized carbons (Fsp3) is 0.280. The Hall–Kier alpha value is -3.38. The number of hydrogen-bond acceptors (Lipinski definition) is 6. The number of halogens is 3. The van der Waals surface area contributed by atoms with Crippen LogP contribution < -0.4 is 5.32 Å². The number of thioether (sulfide) groups is 1. The summed E-state index contributed by atoms with van der Waals surface area (Å²) in [6.45, 7) is 1.93. The second-order valence-corrected chi connectivity index (χ2v) is 10.8. The monoisotopic (exact) mass is 545 g/mol. The van der Waals surface area contributed by atoms with Gasteiger partial charge in [-0.25, -0.2) is 4.98 Å². The lowest BCUT2D eigenvalue weighted by molar-refractivity contribution is -0.137. The molecule has 4 aromatic rings. The highest BCUT2D eigenvalue weighted by Gasteiger charge is 2.35. The summed E-state index contributed by atoms with van der Waals surface area (Å²) in [5, 5.41) is 8.55. The van der Waals surface area contributed by atoms with Gasteiger partial charge in [-0.2, -0.15) is 18.3 Å². The molecule has 192 valence electrons. The van der Waals surface area contributed by atoms with Crippen LogP contribution in [0.4, 0.5) is 13.2 Å². The molecule has 0 unspecified atom stereocenters. The van der Waals surface area contributed by atoms with E-state index in [2.05, 4.69) is 15.4 Å². The maximum atomic E-state index is 13.5. The number of alkyl halides is 3. The predicted molar refractivity (Wildman–Crippen MR) is 138 cm³/mol. The van der Waals surface area contributed by atoms with Gasteiger partial charge in [-0.1, -0.05) is 30.3 Å². The van der Waals surface area contributed by atoms with E-state index in [1.165, 1.54) is 17.4 Å². The topological polar surface area (TPSA) is 80.1 Å². The first-order chi connectivity index (χ1) is 17.6. The van der Waals surface area contributed by atoms with Crippen molar-refractivity contribution in [1.82, 2.24) is 25.0 Å². The Kier molecular flexibility index (Phi) is 6.71. The molecule has 0 aliphatic carbocycles. The molecular weight excluding hydrogens is 523 g/mol.